The van der Waals surface area contributed by atoms with Gasteiger partial charge in [0.15, 0.2) is 58.2 Å². The molecule has 0 bridgehead atoms. The fourth-order valence-corrected chi connectivity index (χ4v) is 8.68. The minimum Gasteiger partial charge on any atom is -0.461 e. The molecule has 0 amide bonds. The predicted octanol–water partition coefficient (Wildman–Crippen LogP) is 9.48. The third-order valence-corrected chi connectivity index (χ3v) is 11.5. The van der Waals surface area contributed by atoms with Gasteiger partial charge in [0.25, 0.3) is 5.85 Å². The van der Waals surface area contributed by atoms with Crippen molar-refractivity contribution >= 4 is 32.1 Å². The summed E-state index contributed by atoms with van der Waals surface area (Å²) in [6.45, 7) is 1.55. The quantitative estimate of drug-likeness (QED) is 0.0923. The molecule has 0 unspecified atom stereocenters. The molecule has 0 N–H and O–H groups in total. The molecule has 0 atom stereocenters. The van der Waals surface area contributed by atoms with E-state index in [4.69, 9.17) is 3.79 Å². The Kier molecular flexibility index (Phi) is 10.8. The molecular formula is C31H21AlBF15O. The Balaban J connectivity index is 2.31. The van der Waals surface area contributed by atoms with Crippen molar-refractivity contribution in [1.29, 1.82) is 0 Å². The topological polar surface area (TPSA) is 9.23 Å². The maximum Gasteiger partial charge on any atom is 0.469 e. The van der Waals surface area contributed by atoms with Crippen molar-refractivity contribution in [1.82, 2.24) is 0 Å². The fraction of sp³-hybridized carbons (Fsp3) is 0.290. The van der Waals surface area contributed by atoms with E-state index in [2.05, 4.69) is 0 Å². The van der Waals surface area contributed by atoms with Crippen LogP contribution in [0.4, 0.5) is 65.9 Å². The molecule has 0 saturated carbocycles. The highest BCUT2D eigenvalue weighted by atomic mass is 27.2. The van der Waals surface area contributed by atoms with Crippen LogP contribution in [0.25, 0.3) is 0 Å². The van der Waals surface area contributed by atoms with Gasteiger partial charge in [-0.05, 0) is 12.0 Å². The van der Waals surface area contributed by atoms with Gasteiger partial charge in [0.05, 0.1) is 5.31 Å². The van der Waals surface area contributed by atoms with Gasteiger partial charge in [0, 0.05) is 10.9 Å². The standard InChI is InChI=1S/C25H7BF15O.2C3H7.Al/c27-10-8(11(28)15(32)18(35)14(10)31)26(9-12(29)16(33)19(36)17(34)13(9)30)24(6-7-4-2-1-3-5-7)20(37)22(39)25(41,42)23(40)21(24)38;2*1-3-2;/h1-5H,6H2;2*3H,1-2H3;/q-1;;;+1. The van der Waals surface area contributed by atoms with E-state index < -0.39 is 146 Å². The third-order valence-electron chi connectivity index (χ3n) is 8.23. The lowest BCUT2D eigenvalue weighted by Gasteiger charge is -2.43. The zero-order valence-corrected chi connectivity index (χ0v) is 26.6. The first kappa shape index (κ1) is 38.4. The smallest absolute Gasteiger partial charge is 0.461 e. The molecule has 1 aliphatic carbocycles. The normalized spacial score (nSPS) is 19.9. The van der Waals surface area contributed by atoms with Crippen molar-refractivity contribution < 1.29 is 69.6 Å². The Morgan fingerprint density at radius 2 is 0.857 bits per heavy atom. The molecule has 3 aromatic rings. The SMILES string of the molecule is C[CH](C)[Al]([O]C1(F)C(F)=C(F)C(Cc2ccccc2)(B(c2c(F)c(F)c(F)c(F)c2F)c2c(F)c(F)c(F)c(F)c2F)C(F)=C1F)[CH](C)C. The number of hydrogen-bond acceptors (Lipinski definition) is 1. The highest BCUT2D eigenvalue weighted by molar-refractivity contribution is 6.89. The van der Waals surface area contributed by atoms with Crippen LogP contribution < -0.4 is 10.9 Å². The number of halogens is 15. The Morgan fingerprint density at radius 1 is 0.531 bits per heavy atom. The van der Waals surface area contributed by atoms with Crippen molar-refractivity contribution in [3.8, 4) is 0 Å². The number of allylic oxidation sites excluding steroid dienone is 2. The maximum atomic E-state index is 16.8. The van der Waals surface area contributed by atoms with E-state index in [0.717, 1.165) is 24.3 Å². The highest BCUT2D eigenvalue weighted by Gasteiger charge is 2.66. The number of benzene rings is 3. The van der Waals surface area contributed by atoms with Gasteiger partial charge in [-0.3, -0.25) is 0 Å². The summed E-state index contributed by atoms with van der Waals surface area (Å²) in [5.74, 6) is -47.2. The van der Waals surface area contributed by atoms with Crippen LogP contribution in [-0.2, 0) is 10.2 Å². The van der Waals surface area contributed by atoms with Crippen molar-refractivity contribution in [2.24, 2.45) is 0 Å². The summed E-state index contributed by atoms with van der Waals surface area (Å²) in [6.07, 6.45) is -1.80. The van der Waals surface area contributed by atoms with Gasteiger partial charge in [-0.1, -0.05) is 67.6 Å². The van der Waals surface area contributed by atoms with Crippen LogP contribution >= 0.6 is 0 Å². The molecule has 18 heteroatoms. The molecule has 0 aliphatic heterocycles. The van der Waals surface area contributed by atoms with Crippen molar-refractivity contribution in [3.05, 3.63) is 117 Å². The summed E-state index contributed by atoms with van der Waals surface area (Å²) >= 11 is -3.26. The predicted molar refractivity (Wildman–Crippen MR) is 150 cm³/mol. The molecule has 1 nitrogen and oxygen atoms in total. The molecule has 0 heterocycles. The average Bonchev–Trinajstić information content (AvgIpc) is 3.07. The second kappa shape index (κ2) is 13.8. The molecule has 262 valence electrons. The van der Waals surface area contributed by atoms with Crippen LogP contribution in [0.3, 0.4) is 0 Å². The zero-order valence-electron chi connectivity index (χ0n) is 25.5. The number of alkyl halides is 1. The molecular weight excluding hydrogens is 711 g/mol. The summed E-state index contributed by atoms with van der Waals surface area (Å²) in [5.41, 5.74) is -5.91. The van der Waals surface area contributed by atoms with Crippen LogP contribution in [0.5, 0.6) is 0 Å². The monoisotopic (exact) mass is 732 g/mol. The van der Waals surface area contributed by atoms with Gasteiger partial charge >= 0.3 is 14.5 Å². The summed E-state index contributed by atoms with van der Waals surface area (Å²) in [7, 11) is 0. The summed E-state index contributed by atoms with van der Waals surface area (Å²) in [4.78, 5) is 0. The minimum absolute atomic E-state index is 0.560. The molecule has 49 heavy (non-hydrogen) atoms. The van der Waals surface area contributed by atoms with E-state index >= 15 is 39.5 Å². The van der Waals surface area contributed by atoms with Crippen molar-refractivity contribution in [3.63, 3.8) is 0 Å². The van der Waals surface area contributed by atoms with Crippen LogP contribution in [0.2, 0.25) is 14.9 Å². The Morgan fingerprint density at radius 3 is 1.18 bits per heavy atom. The fourth-order valence-electron chi connectivity index (χ4n) is 6.02. The van der Waals surface area contributed by atoms with Gasteiger partial charge in [-0.15, -0.1) is 0 Å². The molecule has 0 fully saturated rings. The Hall–Kier alpha value is -3.35. The minimum atomic E-state index is -4.79. The molecule has 0 saturated heterocycles. The second-order valence-electron chi connectivity index (χ2n) is 12.0. The first-order chi connectivity index (χ1) is 22.7. The van der Waals surface area contributed by atoms with E-state index in [1.54, 1.807) is 0 Å². The lowest BCUT2D eigenvalue weighted by molar-refractivity contribution is -0.0465. The number of rotatable bonds is 9. The first-order valence-electron chi connectivity index (χ1n) is 14.2. The van der Waals surface area contributed by atoms with Gasteiger partial charge in [-0.25, -0.2) is 61.5 Å². The number of hydrogen-bond donors (Lipinski definition) is 0. The average molecular weight is 732 g/mol. The molecule has 0 spiro atoms. The Bertz CT molecular complexity index is 1700. The molecule has 3 aromatic carbocycles. The second-order valence-corrected chi connectivity index (χ2v) is 15.8. The third kappa shape index (κ3) is 5.97. The molecule has 1 aliphatic rings. The largest absolute Gasteiger partial charge is 0.469 e. The van der Waals surface area contributed by atoms with E-state index in [1.165, 1.54) is 33.8 Å². The lowest BCUT2D eigenvalue weighted by atomic mass is 9.24. The Labute approximate surface area is 273 Å². The van der Waals surface area contributed by atoms with Gasteiger partial charge in [0.1, 0.15) is 11.7 Å². The zero-order chi connectivity index (χ0) is 37.1. The van der Waals surface area contributed by atoms with E-state index in [9.17, 15) is 26.3 Å². The van der Waals surface area contributed by atoms with Crippen molar-refractivity contribution in [2.45, 2.75) is 54.8 Å². The van der Waals surface area contributed by atoms with Crippen LogP contribution in [0.15, 0.2) is 53.6 Å². The van der Waals surface area contributed by atoms with Gasteiger partial charge < -0.3 is 3.79 Å². The molecule has 4 rings (SSSR count). The van der Waals surface area contributed by atoms with Crippen LogP contribution in [0, 0.1) is 58.2 Å². The summed E-state index contributed by atoms with van der Waals surface area (Å²) in [5, 5.41) is -4.49. The molecule has 0 aromatic heterocycles. The summed E-state index contributed by atoms with van der Waals surface area (Å²) < 4.78 is 235. The van der Waals surface area contributed by atoms with Gasteiger partial charge in [-0.2, -0.15) is 4.39 Å². The van der Waals surface area contributed by atoms with Gasteiger partial charge in [0.2, 0.25) is 18.4 Å². The summed E-state index contributed by atoms with van der Waals surface area (Å²) in [6, 6.07) is 5.18. The van der Waals surface area contributed by atoms with E-state index in [-0.39, 0.29) is 0 Å². The van der Waals surface area contributed by atoms with Crippen molar-refractivity contribution in [2.75, 3.05) is 0 Å². The van der Waals surface area contributed by atoms with Crippen LogP contribution in [-0.4, -0.2) is 27.0 Å². The molecule has 0 radical (unpaired) electrons. The van der Waals surface area contributed by atoms with Crippen LogP contribution in [0.1, 0.15) is 33.3 Å². The maximum absolute atomic E-state index is 16.8. The lowest BCUT2D eigenvalue weighted by Crippen LogP contribution is -2.61. The van der Waals surface area contributed by atoms with E-state index in [1.807, 2.05) is 0 Å². The first-order valence-corrected chi connectivity index (χ1v) is 16.0. The highest BCUT2D eigenvalue weighted by Crippen LogP contribution is 2.61. The van der Waals surface area contributed by atoms with E-state index in [0.29, 0.717) is 0 Å².